The van der Waals surface area contributed by atoms with Gasteiger partial charge in [-0.05, 0) is 34.0 Å². The van der Waals surface area contributed by atoms with E-state index in [0.29, 0.717) is 4.88 Å². The van der Waals surface area contributed by atoms with Crippen molar-refractivity contribution in [3.63, 3.8) is 0 Å². The normalized spacial score (nSPS) is 13.6. The Labute approximate surface area is 114 Å². The maximum Gasteiger partial charge on any atom is 0.187 e. The fourth-order valence-corrected chi connectivity index (χ4v) is 4.54. The van der Waals surface area contributed by atoms with E-state index in [0.717, 1.165) is 10.2 Å². The summed E-state index contributed by atoms with van der Waals surface area (Å²) in [7, 11) is -3.29. The lowest BCUT2D eigenvalue weighted by atomic mass is 10.2. The van der Waals surface area contributed by atoms with Gasteiger partial charge in [-0.3, -0.25) is 4.79 Å². The quantitative estimate of drug-likeness (QED) is 0.748. The van der Waals surface area contributed by atoms with Crippen LogP contribution in [0.3, 0.4) is 0 Å². The Hall–Kier alpha value is -0.200. The van der Waals surface area contributed by atoms with Crippen LogP contribution in [0.2, 0.25) is 0 Å². The van der Waals surface area contributed by atoms with Gasteiger partial charge in [0.25, 0.3) is 0 Å². The first kappa shape index (κ1) is 14.9. The summed E-state index contributed by atoms with van der Waals surface area (Å²) in [5.74, 6) is -0.515. The summed E-state index contributed by atoms with van der Waals surface area (Å²) in [5, 5.41) is 0. The molecule has 1 rings (SSSR count). The molecule has 0 aliphatic rings. The Bertz CT molecular complexity index is 491. The summed E-state index contributed by atoms with van der Waals surface area (Å²) in [6.45, 7) is 3.82. The molecule has 0 aliphatic heterocycles. The second kappa shape index (κ2) is 6.11. The highest BCUT2D eigenvalue weighted by Gasteiger charge is 2.21. The van der Waals surface area contributed by atoms with E-state index < -0.39 is 9.84 Å². The minimum atomic E-state index is -3.29. The third-order valence-corrected chi connectivity index (χ3v) is 5.88. The number of sulfone groups is 1. The van der Waals surface area contributed by atoms with Crippen LogP contribution in [-0.4, -0.2) is 25.7 Å². The van der Waals surface area contributed by atoms with Gasteiger partial charge in [-0.1, -0.05) is 20.3 Å². The Kier molecular flexibility index (Phi) is 5.34. The minimum Gasteiger partial charge on any atom is -0.292 e. The van der Waals surface area contributed by atoms with Crippen molar-refractivity contribution in [2.24, 2.45) is 5.92 Å². The summed E-state index contributed by atoms with van der Waals surface area (Å²) in [5.41, 5.74) is 0. The first-order valence-electron chi connectivity index (χ1n) is 5.33. The molecule has 0 saturated heterocycles. The van der Waals surface area contributed by atoms with Gasteiger partial charge in [-0.2, -0.15) is 0 Å². The van der Waals surface area contributed by atoms with Gasteiger partial charge >= 0.3 is 0 Å². The number of carbonyl (C=O) groups excluding carboxylic acids is 1. The lowest BCUT2D eigenvalue weighted by Crippen LogP contribution is -2.21. The van der Waals surface area contributed by atoms with Crippen LogP contribution in [0.5, 0.6) is 0 Å². The molecule has 1 aromatic heterocycles. The number of carbonyl (C=O) groups is 1. The lowest BCUT2D eigenvalue weighted by molar-refractivity contribution is 0.102. The van der Waals surface area contributed by atoms with Gasteiger partial charge in [0.15, 0.2) is 15.6 Å². The van der Waals surface area contributed by atoms with Crippen LogP contribution in [0, 0.1) is 5.92 Å². The summed E-state index contributed by atoms with van der Waals surface area (Å²) < 4.78 is 24.4. The highest BCUT2D eigenvalue weighted by molar-refractivity contribution is 9.11. The Morgan fingerprint density at radius 3 is 2.59 bits per heavy atom. The van der Waals surface area contributed by atoms with E-state index in [-0.39, 0.29) is 23.2 Å². The molecule has 0 amide bonds. The van der Waals surface area contributed by atoms with Crippen molar-refractivity contribution < 1.29 is 13.2 Å². The lowest BCUT2D eigenvalue weighted by Gasteiger charge is -2.08. The van der Waals surface area contributed by atoms with Crippen LogP contribution in [0.4, 0.5) is 0 Å². The zero-order valence-electron chi connectivity index (χ0n) is 9.77. The summed E-state index contributed by atoms with van der Waals surface area (Å²) >= 11 is 4.51. The second-order valence-electron chi connectivity index (χ2n) is 4.09. The van der Waals surface area contributed by atoms with Crippen LogP contribution < -0.4 is 0 Å². The van der Waals surface area contributed by atoms with E-state index in [1.165, 1.54) is 11.3 Å². The van der Waals surface area contributed by atoms with E-state index >= 15 is 0 Å². The molecule has 1 aromatic rings. The average molecular weight is 339 g/mol. The van der Waals surface area contributed by atoms with Gasteiger partial charge in [-0.15, -0.1) is 11.3 Å². The molecule has 0 N–H and O–H groups in total. The molecule has 3 nitrogen and oxygen atoms in total. The number of halogens is 1. The summed E-state index contributed by atoms with van der Waals surface area (Å²) in [6.07, 6.45) is 0.804. The summed E-state index contributed by atoms with van der Waals surface area (Å²) in [6, 6.07) is 3.40. The molecule has 0 saturated carbocycles. The van der Waals surface area contributed by atoms with E-state index in [4.69, 9.17) is 0 Å². The predicted octanol–water partition coefficient (Wildman–Crippen LogP) is 3.15. The van der Waals surface area contributed by atoms with Gasteiger partial charge in [0.1, 0.15) is 5.75 Å². The smallest absolute Gasteiger partial charge is 0.187 e. The van der Waals surface area contributed by atoms with Crippen molar-refractivity contribution in [1.29, 1.82) is 0 Å². The molecule has 17 heavy (non-hydrogen) atoms. The van der Waals surface area contributed by atoms with Crippen molar-refractivity contribution >= 4 is 42.9 Å². The number of hydrogen-bond donors (Lipinski definition) is 0. The standard InChI is InChI=1S/C11H15BrO3S2/c1-3-8(2)6-17(14,15)7-9(13)10-4-5-11(12)16-10/h4-5,8H,3,6-7H2,1-2H3. The van der Waals surface area contributed by atoms with Crippen LogP contribution in [0.15, 0.2) is 15.9 Å². The molecule has 1 unspecified atom stereocenters. The first-order valence-corrected chi connectivity index (χ1v) is 8.76. The maximum absolute atomic E-state index is 11.8. The number of hydrogen-bond acceptors (Lipinski definition) is 4. The van der Waals surface area contributed by atoms with Crippen LogP contribution in [-0.2, 0) is 9.84 Å². The number of ketones is 1. The van der Waals surface area contributed by atoms with Crippen LogP contribution in [0.1, 0.15) is 29.9 Å². The monoisotopic (exact) mass is 338 g/mol. The van der Waals surface area contributed by atoms with E-state index in [2.05, 4.69) is 15.9 Å². The average Bonchev–Trinajstić information content (AvgIpc) is 2.63. The predicted molar refractivity (Wildman–Crippen MR) is 74.5 cm³/mol. The van der Waals surface area contributed by atoms with Crippen molar-refractivity contribution in [3.05, 3.63) is 20.8 Å². The third kappa shape index (κ3) is 4.89. The SMILES string of the molecule is CCC(C)CS(=O)(=O)CC(=O)c1ccc(Br)s1. The first-order chi connectivity index (χ1) is 7.84. The molecule has 0 bridgehead atoms. The van der Waals surface area contributed by atoms with Crippen LogP contribution >= 0.6 is 27.3 Å². The fourth-order valence-electron chi connectivity index (χ4n) is 1.35. The molecular weight excluding hydrogens is 324 g/mol. The fraction of sp³-hybridized carbons (Fsp3) is 0.545. The molecule has 0 fully saturated rings. The maximum atomic E-state index is 11.8. The molecule has 0 aromatic carbocycles. The van der Waals surface area contributed by atoms with Gasteiger partial charge in [-0.25, -0.2) is 8.42 Å². The van der Waals surface area contributed by atoms with Crippen molar-refractivity contribution in [2.75, 3.05) is 11.5 Å². The highest BCUT2D eigenvalue weighted by atomic mass is 79.9. The molecule has 96 valence electrons. The molecule has 0 aliphatic carbocycles. The molecule has 0 spiro atoms. The molecule has 1 atom stereocenters. The Balaban J connectivity index is 2.68. The molecular formula is C11H15BrO3S2. The van der Waals surface area contributed by atoms with Gasteiger partial charge in [0, 0.05) is 0 Å². The zero-order valence-corrected chi connectivity index (χ0v) is 13.0. The Morgan fingerprint density at radius 1 is 1.47 bits per heavy atom. The highest BCUT2D eigenvalue weighted by Crippen LogP contribution is 2.23. The van der Waals surface area contributed by atoms with Gasteiger partial charge in [0.05, 0.1) is 14.4 Å². The van der Waals surface area contributed by atoms with Gasteiger partial charge in [0.2, 0.25) is 0 Å². The third-order valence-electron chi connectivity index (χ3n) is 2.43. The van der Waals surface area contributed by atoms with E-state index in [9.17, 15) is 13.2 Å². The van der Waals surface area contributed by atoms with Crippen molar-refractivity contribution in [1.82, 2.24) is 0 Å². The van der Waals surface area contributed by atoms with E-state index in [1.807, 2.05) is 13.8 Å². The largest absolute Gasteiger partial charge is 0.292 e. The minimum absolute atomic E-state index is 0.0851. The number of thiophene rings is 1. The summed E-state index contributed by atoms with van der Waals surface area (Å²) in [4.78, 5) is 12.2. The van der Waals surface area contributed by atoms with Crippen molar-refractivity contribution in [2.45, 2.75) is 20.3 Å². The van der Waals surface area contributed by atoms with Gasteiger partial charge < -0.3 is 0 Å². The molecule has 1 heterocycles. The van der Waals surface area contributed by atoms with Crippen molar-refractivity contribution in [3.8, 4) is 0 Å². The Morgan fingerprint density at radius 2 is 2.12 bits per heavy atom. The molecule has 6 heteroatoms. The second-order valence-corrected chi connectivity index (χ2v) is 8.67. The number of Topliss-reactive ketones (excluding diaryl/α,β-unsaturated/α-hetero) is 1. The number of rotatable bonds is 6. The van der Waals surface area contributed by atoms with Crippen LogP contribution in [0.25, 0.3) is 0 Å². The molecule has 0 radical (unpaired) electrons. The van der Waals surface area contributed by atoms with E-state index in [1.54, 1.807) is 12.1 Å². The zero-order chi connectivity index (χ0) is 13.1. The topological polar surface area (TPSA) is 51.2 Å².